The Kier molecular flexibility index (Phi) is 4.34. The Hall–Kier alpha value is -2.01. The average molecular weight is 317 g/mol. The maximum atomic E-state index is 13.7. The second-order valence-corrected chi connectivity index (χ2v) is 6.34. The molecule has 0 unspecified atom stereocenters. The summed E-state index contributed by atoms with van der Waals surface area (Å²) in [5, 5.41) is 1.89. The molecule has 22 heavy (non-hydrogen) atoms. The van der Waals surface area contributed by atoms with Crippen LogP contribution in [0.4, 0.5) is 4.39 Å². The molecule has 3 rings (SSSR count). The first-order valence-corrected chi connectivity index (χ1v) is 8.16. The van der Waals surface area contributed by atoms with Crippen molar-refractivity contribution in [1.29, 1.82) is 0 Å². The summed E-state index contributed by atoms with van der Waals surface area (Å²) in [6, 6.07) is 9.72. The van der Waals surface area contributed by atoms with Crippen LogP contribution in [0.3, 0.4) is 0 Å². The molecule has 0 atom stereocenters. The predicted octanol–water partition coefficient (Wildman–Crippen LogP) is 3.62. The van der Waals surface area contributed by atoms with Crippen molar-refractivity contribution in [2.75, 3.05) is 13.1 Å². The van der Waals surface area contributed by atoms with E-state index < -0.39 is 5.82 Å². The summed E-state index contributed by atoms with van der Waals surface area (Å²) < 4.78 is 13.7. The van der Waals surface area contributed by atoms with E-state index in [9.17, 15) is 14.0 Å². The smallest absolute Gasteiger partial charge is 0.256 e. The van der Waals surface area contributed by atoms with Crippen molar-refractivity contribution in [3.05, 3.63) is 58.0 Å². The molecule has 5 heteroatoms. The van der Waals surface area contributed by atoms with Crippen LogP contribution in [0, 0.1) is 11.7 Å². The molecular weight excluding hydrogens is 301 g/mol. The van der Waals surface area contributed by atoms with Crippen LogP contribution in [0.15, 0.2) is 41.8 Å². The fourth-order valence-electron chi connectivity index (χ4n) is 2.77. The zero-order valence-electron chi connectivity index (χ0n) is 12.0. The van der Waals surface area contributed by atoms with Crippen LogP contribution in [0.25, 0.3) is 0 Å². The van der Waals surface area contributed by atoms with Gasteiger partial charge >= 0.3 is 0 Å². The van der Waals surface area contributed by atoms with Gasteiger partial charge in [0.2, 0.25) is 0 Å². The van der Waals surface area contributed by atoms with Crippen molar-refractivity contribution in [2.45, 2.75) is 12.8 Å². The van der Waals surface area contributed by atoms with Crippen molar-refractivity contribution >= 4 is 23.0 Å². The largest absolute Gasteiger partial charge is 0.339 e. The minimum atomic E-state index is -0.496. The van der Waals surface area contributed by atoms with Crippen LogP contribution in [-0.4, -0.2) is 29.7 Å². The number of hydrogen-bond acceptors (Lipinski definition) is 3. The summed E-state index contributed by atoms with van der Waals surface area (Å²) in [5.41, 5.74) is 0.102. The monoisotopic (exact) mass is 317 g/mol. The third-order valence-electron chi connectivity index (χ3n) is 4.02. The van der Waals surface area contributed by atoms with Gasteiger partial charge in [-0.25, -0.2) is 4.39 Å². The highest BCUT2D eigenvalue weighted by Gasteiger charge is 2.29. The summed E-state index contributed by atoms with van der Waals surface area (Å²) in [7, 11) is 0. The molecule has 3 nitrogen and oxygen atoms in total. The van der Waals surface area contributed by atoms with Crippen LogP contribution in [-0.2, 0) is 0 Å². The lowest BCUT2D eigenvalue weighted by molar-refractivity contribution is 0.0647. The van der Waals surface area contributed by atoms with E-state index in [0.717, 1.165) is 4.88 Å². The summed E-state index contributed by atoms with van der Waals surface area (Å²) in [4.78, 5) is 27.0. The molecule has 1 aromatic carbocycles. The van der Waals surface area contributed by atoms with Crippen molar-refractivity contribution < 1.29 is 14.0 Å². The minimum Gasteiger partial charge on any atom is -0.339 e. The lowest BCUT2D eigenvalue weighted by atomic mass is 9.91. The van der Waals surface area contributed by atoms with Gasteiger partial charge in [-0.1, -0.05) is 18.2 Å². The van der Waals surface area contributed by atoms with E-state index in [-0.39, 0.29) is 23.2 Å². The molecule has 0 radical (unpaired) electrons. The molecule has 1 aromatic heterocycles. The number of carbonyl (C=O) groups excluding carboxylic acids is 2. The number of halogens is 1. The molecule has 0 aliphatic carbocycles. The zero-order valence-corrected chi connectivity index (χ0v) is 12.8. The Bertz CT molecular complexity index is 676. The predicted molar refractivity (Wildman–Crippen MR) is 83.7 cm³/mol. The number of thiophene rings is 1. The molecule has 1 fully saturated rings. The molecule has 2 aromatic rings. The van der Waals surface area contributed by atoms with Gasteiger partial charge in [0.15, 0.2) is 5.78 Å². The Morgan fingerprint density at radius 1 is 1.09 bits per heavy atom. The Balaban J connectivity index is 1.63. The van der Waals surface area contributed by atoms with Crippen molar-refractivity contribution in [3.8, 4) is 0 Å². The topological polar surface area (TPSA) is 37.4 Å². The van der Waals surface area contributed by atoms with Gasteiger partial charge in [0.1, 0.15) is 5.82 Å². The summed E-state index contributed by atoms with van der Waals surface area (Å²) >= 11 is 1.45. The van der Waals surface area contributed by atoms with Crippen molar-refractivity contribution in [3.63, 3.8) is 0 Å². The first kappa shape index (κ1) is 14.9. The van der Waals surface area contributed by atoms with E-state index in [1.807, 2.05) is 17.5 Å². The summed E-state index contributed by atoms with van der Waals surface area (Å²) in [5.74, 6) is -0.666. The Morgan fingerprint density at radius 3 is 2.45 bits per heavy atom. The van der Waals surface area contributed by atoms with Crippen molar-refractivity contribution in [2.24, 2.45) is 5.92 Å². The maximum absolute atomic E-state index is 13.7. The SMILES string of the molecule is O=C(c1cccs1)C1CCN(C(=O)c2ccccc2F)CC1. The van der Waals surface area contributed by atoms with E-state index in [1.165, 1.54) is 23.5 Å². The van der Waals surface area contributed by atoms with Crippen LogP contribution in [0.2, 0.25) is 0 Å². The Labute approximate surface area is 132 Å². The number of ketones is 1. The first-order valence-electron chi connectivity index (χ1n) is 7.28. The molecule has 0 N–H and O–H groups in total. The van der Waals surface area contributed by atoms with Gasteiger partial charge in [0, 0.05) is 19.0 Å². The molecule has 0 saturated carbocycles. The number of rotatable bonds is 3. The summed E-state index contributed by atoms with van der Waals surface area (Å²) in [6.45, 7) is 0.990. The minimum absolute atomic E-state index is 0.0386. The highest BCUT2D eigenvalue weighted by molar-refractivity contribution is 7.12. The lowest BCUT2D eigenvalue weighted by Crippen LogP contribution is -2.40. The number of hydrogen-bond donors (Lipinski definition) is 0. The van der Waals surface area contributed by atoms with E-state index >= 15 is 0 Å². The standard InChI is InChI=1S/C17H16FNO2S/c18-14-5-2-1-4-13(14)17(21)19-9-7-12(8-10-19)16(20)15-6-3-11-22-15/h1-6,11-12H,7-10H2. The second-order valence-electron chi connectivity index (χ2n) is 5.39. The highest BCUT2D eigenvalue weighted by atomic mass is 32.1. The van der Waals surface area contributed by atoms with Crippen molar-refractivity contribution in [1.82, 2.24) is 4.90 Å². The highest BCUT2D eigenvalue weighted by Crippen LogP contribution is 2.25. The van der Waals surface area contributed by atoms with Crippen LogP contribution < -0.4 is 0 Å². The molecule has 2 heterocycles. The molecule has 1 amide bonds. The first-order chi connectivity index (χ1) is 10.7. The number of piperidine rings is 1. The van der Waals surface area contributed by atoms with Gasteiger partial charge in [-0.2, -0.15) is 0 Å². The molecule has 0 bridgehead atoms. The third-order valence-corrected chi connectivity index (χ3v) is 4.91. The number of amides is 1. The number of carbonyl (C=O) groups is 2. The molecule has 1 saturated heterocycles. The number of nitrogens with zero attached hydrogens (tertiary/aromatic N) is 1. The lowest BCUT2D eigenvalue weighted by Gasteiger charge is -2.31. The number of benzene rings is 1. The van der Waals surface area contributed by atoms with E-state index in [0.29, 0.717) is 25.9 Å². The van der Waals surface area contributed by atoms with Gasteiger partial charge in [0.25, 0.3) is 5.91 Å². The molecule has 0 spiro atoms. The van der Waals surface area contributed by atoms with Gasteiger partial charge < -0.3 is 4.90 Å². The maximum Gasteiger partial charge on any atom is 0.256 e. The third kappa shape index (κ3) is 2.95. The average Bonchev–Trinajstić information content (AvgIpc) is 3.09. The van der Waals surface area contributed by atoms with Gasteiger partial charge in [-0.15, -0.1) is 11.3 Å². The van der Waals surface area contributed by atoms with Crippen LogP contribution in [0.5, 0.6) is 0 Å². The fraction of sp³-hybridized carbons (Fsp3) is 0.294. The molecule has 1 aliphatic heterocycles. The van der Waals surface area contributed by atoms with Gasteiger partial charge in [-0.3, -0.25) is 9.59 Å². The summed E-state index contributed by atoms with van der Waals surface area (Å²) in [6.07, 6.45) is 1.27. The van der Waals surface area contributed by atoms with E-state index in [4.69, 9.17) is 0 Å². The number of likely N-dealkylation sites (tertiary alicyclic amines) is 1. The normalized spacial score (nSPS) is 15.8. The number of Topliss-reactive ketones (excluding diaryl/α,β-unsaturated/α-hetero) is 1. The van der Waals surface area contributed by atoms with E-state index in [2.05, 4.69) is 0 Å². The van der Waals surface area contributed by atoms with Gasteiger partial charge in [0.05, 0.1) is 10.4 Å². The molecule has 1 aliphatic rings. The Morgan fingerprint density at radius 2 is 1.82 bits per heavy atom. The fourth-order valence-corrected chi connectivity index (χ4v) is 3.51. The molecular formula is C17H16FNO2S. The van der Waals surface area contributed by atoms with Gasteiger partial charge in [-0.05, 0) is 36.4 Å². The molecule has 114 valence electrons. The van der Waals surface area contributed by atoms with E-state index in [1.54, 1.807) is 17.0 Å². The quantitative estimate of drug-likeness (QED) is 0.811. The second kappa shape index (κ2) is 6.40. The zero-order chi connectivity index (χ0) is 15.5. The van der Waals surface area contributed by atoms with Crippen LogP contribution in [0.1, 0.15) is 32.9 Å². The van der Waals surface area contributed by atoms with Crippen LogP contribution >= 0.6 is 11.3 Å².